The number of nitrogens with one attached hydrogen (secondary N) is 1. The number of nitrogens with zero attached hydrogens (tertiary/aromatic N) is 1. The van der Waals surface area contributed by atoms with Gasteiger partial charge in [-0.2, -0.15) is 13.2 Å². The van der Waals surface area contributed by atoms with Crippen LogP contribution in [0.2, 0.25) is 0 Å². The molecule has 0 saturated carbocycles. The van der Waals surface area contributed by atoms with Crippen LogP contribution in [0.4, 0.5) is 13.2 Å². The standard InChI is InChI=1S/C6H5F3N2O/c7-6(8,9)4-3-10-5(11-4)1-2-12/h2-3H,1H2,(H,10,11). The summed E-state index contributed by atoms with van der Waals surface area (Å²) >= 11 is 0. The van der Waals surface area contributed by atoms with Gasteiger partial charge < -0.3 is 9.78 Å². The van der Waals surface area contributed by atoms with Crippen LogP contribution in [0, 0.1) is 0 Å². The van der Waals surface area contributed by atoms with E-state index in [1.807, 2.05) is 4.98 Å². The molecule has 0 radical (unpaired) electrons. The molecular formula is C6H5F3N2O. The number of carbonyl (C=O) groups is 1. The molecule has 0 aromatic carbocycles. The number of aromatic amines is 1. The maximum atomic E-state index is 11.9. The second kappa shape index (κ2) is 2.96. The summed E-state index contributed by atoms with van der Waals surface area (Å²) in [5, 5.41) is 0. The maximum absolute atomic E-state index is 11.9. The van der Waals surface area contributed by atoms with Crippen molar-refractivity contribution in [3.63, 3.8) is 0 Å². The maximum Gasteiger partial charge on any atom is 0.432 e. The second-order valence-electron chi connectivity index (χ2n) is 2.11. The lowest BCUT2D eigenvalue weighted by atomic mass is 10.4. The Kier molecular flexibility index (Phi) is 2.16. The van der Waals surface area contributed by atoms with E-state index < -0.39 is 11.9 Å². The number of halogens is 3. The van der Waals surface area contributed by atoms with Crippen LogP contribution in [0.15, 0.2) is 6.20 Å². The van der Waals surface area contributed by atoms with Gasteiger partial charge in [0, 0.05) is 0 Å². The third-order valence-corrected chi connectivity index (χ3v) is 1.21. The monoisotopic (exact) mass is 178 g/mol. The van der Waals surface area contributed by atoms with Crippen molar-refractivity contribution in [3.05, 3.63) is 17.7 Å². The number of carbonyl (C=O) groups excluding carboxylic acids is 1. The molecule has 3 nitrogen and oxygen atoms in total. The number of H-pyrrole nitrogens is 1. The van der Waals surface area contributed by atoms with Crippen molar-refractivity contribution in [2.75, 3.05) is 0 Å². The SMILES string of the molecule is O=CCc1ncc(C(F)(F)F)[nH]1. The van der Waals surface area contributed by atoms with Crippen LogP contribution in [-0.4, -0.2) is 16.3 Å². The van der Waals surface area contributed by atoms with E-state index in [-0.39, 0.29) is 12.2 Å². The number of aldehydes is 1. The van der Waals surface area contributed by atoms with Crippen LogP contribution < -0.4 is 0 Å². The first-order valence-electron chi connectivity index (χ1n) is 3.08. The fraction of sp³-hybridized carbons (Fsp3) is 0.333. The number of rotatable bonds is 2. The number of imidazole rings is 1. The Morgan fingerprint density at radius 2 is 2.25 bits per heavy atom. The molecule has 12 heavy (non-hydrogen) atoms. The number of aromatic nitrogens is 2. The number of alkyl halides is 3. The Morgan fingerprint density at radius 1 is 1.58 bits per heavy atom. The second-order valence-corrected chi connectivity index (χ2v) is 2.11. The van der Waals surface area contributed by atoms with Gasteiger partial charge in [0.2, 0.25) is 0 Å². The Labute approximate surface area is 65.6 Å². The Morgan fingerprint density at radius 3 is 2.67 bits per heavy atom. The van der Waals surface area contributed by atoms with Gasteiger partial charge in [-0.25, -0.2) is 4.98 Å². The zero-order valence-corrected chi connectivity index (χ0v) is 5.85. The molecule has 0 fully saturated rings. The molecule has 0 atom stereocenters. The van der Waals surface area contributed by atoms with Gasteiger partial charge in [-0.05, 0) is 0 Å². The highest BCUT2D eigenvalue weighted by Crippen LogP contribution is 2.27. The topological polar surface area (TPSA) is 45.8 Å². The van der Waals surface area contributed by atoms with Gasteiger partial charge in [0.05, 0.1) is 12.6 Å². The molecule has 1 rings (SSSR count). The normalized spacial score (nSPS) is 11.6. The molecule has 1 heterocycles. The average Bonchev–Trinajstić information content (AvgIpc) is 2.35. The van der Waals surface area contributed by atoms with E-state index in [4.69, 9.17) is 0 Å². The Balaban J connectivity index is 2.84. The number of hydrogen-bond donors (Lipinski definition) is 1. The molecule has 0 amide bonds. The van der Waals surface area contributed by atoms with Gasteiger partial charge in [0.1, 0.15) is 17.8 Å². The molecular weight excluding hydrogens is 173 g/mol. The van der Waals surface area contributed by atoms with E-state index in [9.17, 15) is 18.0 Å². The largest absolute Gasteiger partial charge is 0.432 e. The van der Waals surface area contributed by atoms with Gasteiger partial charge in [0.25, 0.3) is 0 Å². The predicted molar refractivity (Wildman–Crippen MR) is 33.4 cm³/mol. The molecule has 66 valence electrons. The van der Waals surface area contributed by atoms with E-state index in [2.05, 4.69) is 4.98 Å². The lowest BCUT2D eigenvalue weighted by Gasteiger charge is -2.00. The quantitative estimate of drug-likeness (QED) is 0.691. The first kappa shape index (κ1) is 8.76. The summed E-state index contributed by atoms with van der Waals surface area (Å²) in [5.41, 5.74) is -0.931. The van der Waals surface area contributed by atoms with E-state index in [0.29, 0.717) is 12.5 Å². The van der Waals surface area contributed by atoms with Gasteiger partial charge in [-0.3, -0.25) is 0 Å². The van der Waals surface area contributed by atoms with Crippen LogP contribution in [0.3, 0.4) is 0 Å². The van der Waals surface area contributed by atoms with Gasteiger partial charge in [-0.1, -0.05) is 0 Å². The smallest absolute Gasteiger partial charge is 0.338 e. The first-order valence-corrected chi connectivity index (χ1v) is 3.08. The average molecular weight is 178 g/mol. The molecule has 0 unspecified atom stereocenters. The van der Waals surface area contributed by atoms with Gasteiger partial charge in [0.15, 0.2) is 0 Å². The highest BCUT2D eigenvalue weighted by atomic mass is 19.4. The Hall–Kier alpha value is -1.33. The van der Waals surface area contributed by atoms with Gasteiger partial charge >= 0.3 is 6.18 Å². The zero-order chi connectivity index (χ0) is 9.19. The molecule has 0 aliphatic carbocycles. The van der Waals surface area contributed by atoms with Crippen molar-refractivity contribution in [2.24, 2.45) is 0 Å². The molecule has 0 spiro atoms. The van der Waals surface area contributed by atoms with Crippen molar-refractivity contribution in [2.45, 2.75) is 12.6 Å². The van der Waals surface area contributed by atoms with E-state index in [0.717, 1.165) is 0 Å². The van der Waals surface area contributed by atoms with Crippen LogP contribution in [0.25, 0.3) is 0 Å². The zero-order valence-electron chi connectivity index (χ0n) is 5.85. The first-order chi connectivity index (χ1) is 5.54. The van der Waals surface area contributed by atoms with Crippen molar-refractivity contribution in [1.82, 2.24) is 9.97 Å². The Bertz CT molecular complexity index is 279. The molecule has 0 bridgehead atoms. The third-order valence-electron chi connectivity index (χ3n) is 1.21. The summed E-state index contributed by atoms with van der Waals surface area (Å²) in [5.74, 6) is 0.0253. The molecule has 1 aromatic heterocycles. The lowest BCUT2D eigenvalue weighted by Crippen LogP contribution is -2.05. The summed E-state index contributed by atoms with van der Waals surface area (Å²) < 4.78 is 35.6. The molecule has 0 aliphatic heterocycles. The number of hydrogen-bond acceptors (Lipinski definition) is 2. The minimum Gasteiger partial charge on any atom is -0.338 e. The summed E-state index contributed by atoms with van der Waals surface area (Å²) in [6.45, 7) is 0. The van der Waals surface area contributed by atoms with Crippen LogP contribution in [-0.2, 0) is 17.4 Å². The molecule has 1 N–H and O–H groups in total. The highest BCUT2D eigenvalue weighted by Gasteiger charge is 2.32. The third kappa shape index (κ3) is 1.84. The molecule has 6 heteroatoms. The summed E-state index contributed by atoms with van der Waals surface area (Å²) in [4.78, 5) is 15.2. The minimum absolute atomic E-state index is 0.0253. The van der Waals surface area contributed by atoms with Crippen molar-refractivity contribution in [3.8, 4) is 0 Å². The minimum atomic E-state index is -4.42. The lowest BCUT2D eigenvalue weighted by molar-refractivity contribution is -0.141. The predicted octanol–water partition coefficient (Wildman–Crippen LogP) is 1.17. The molecule has 0 aliphatic rings. The van der Waals surface area contributed by atoms with Crippen LogP contribution >= 0.6 is 0 Å². The van der Waals surface area contributed by atoms with Crippen LogP contribution in [0.1, 0.15) is 11.5 Å². The molecule has 0 saturated heterocycles. The van der Waals surface area contributed by atoms with Gasteiger partial charge in [-0.15, -0.1) is 0 Å². The summed E-state index contributed by atoms with van der Waals surface area (Å²) in [6, 6.07) is 0. The van der Waals surface area contributed by atoms with Crippen molar-refractivity contribution >= 4 is 6.29 Å². The molecule has 1 aromatic rings. The fourth-order valence-corrected chi connectivity index (χ4v) is 0.689. The van der Waals surface area contributed by atoms with E-state index in [1.54, 1.807) is 0 Å². The van der Waals surface area contributed by atoms with E-state index in [1.165, 1.54) is 0 Å². The van der Waals surface area contributed by atoms with Crippen molar-refractivity contribution in [1.29, 1.82) is 0 Å². The van der Waals surface area contributed by atoms with Crippen LogP contribution in [0.5, 0.6) is 0 Å². The summed E-state index contributed by atoms with van der Waals surface area (Å²) in [6.07, 6.45) is -3.40. The van der Waals surface area contributed by atoms with E-state index >= 15 is 0 Å². The fourth-order valence-electron chi connectivity index (χ4n) is 0.689. The highest BCUT2D eigenvalue weighted by molar-refractivity contribution is 5.52. The van der Waals surface area contributed by atoms with Crippen molar-refractivity contribution < 1.29 is 18.0 Å². The summed E-state index contributed by atoms with van der Waals surface area (Å²) in [7, 11) is 0.